The van der Waals surface area contributed by atoms with Gasteiger partial charge in [-0.05, 0) is 36.8 Å². The summed E-state index contributed by atoms with van der Waals surface area (Å²) in [5, 5.41) is 0. The molecule has 118 valence electrons. The van der Waals surface area contributed by atoms with Crippen molar-refractivity contribution < 1.29 is 9.59 Å². The van der Waals surface area contributed by atoms with Crippen molar-refractivity contribution >= 4 is 17.5 Å². The lowest BCUT2D eigenvalue weighted by Gasteiger charge is -2.13. The van der Waals surface area contributed by atoms with Crippen molar-refractivity contribution in [2.24, 2.45) is 0 Å². The lowest BCUT2D eigenvalue weighted by molar-refractivity contribution is 0.0640. The number of pyridine rings is 1. The van der Waals surface area contributed by atoms with Crippen LogP contribution in [-0.2, 0) is 6.54 Å². The molecule has 2 amide bonds. The molecule has 0 aliphatic carbocycles. The van der Waals surface area contributed by atoms with Gasteiger partial charge >= 0.3 is 0 Å². The average Bonchev–Trinajstić information content (AvgIpc) is 2.80. The Morgan fingerprint density at radius 3 is 2.29 bits per heavy atom. The summed E-state index contributed by atoms with van der Waals surface area (Å²) in [6, 6.07) is 11.6. The van der Waals surface area contributed by atoms with Crippen molar-refractivity contribution in [3.8, 4) is 0 Å². The van der Waals surface area contributed by atoms with E-state index in [1.54, 1.807) is 36.5 Å². The van der Waals surface area contributed by atoms with Crippen LogP contribution in [0.3, 0.4) is 0 Å². The molecule has 1 aliphatic heterocycles. The molecule has 3 heterocycles. The highest BCUT2D eigenvalue weighted by Gasteiger charge is 2.35. The molecule has 4 rings (SSSR count). The van der Waals surface area contributed by atoms with E-state index >= 15 is 0 Å². The van der Waals surface area contributed by atoms with E-state index in [2.05, 4.69) is 4.98 Å². The zero-order chi connectivity index (χ0) is 16.8. The number of aromatic nitrogens is 2. The molecule has 3 aromatic rings. The lowest BCUT2D eigenvalue weighted by atomic mass is 10.1. The van der Waals surface area contributed by atoms with Gasteiger partial charge in [0.15, 0.2) is 0 Å². The Kier molecular flexibility index (Phi) is 3.06. The summed E-state index contributed by atoms with van der Waals surface area (Å²) in [7, 11) is 0. The number of hydrogen-bond donors (Lipinski definition) is 0. The first-order valence-electron chi connectivity index (χ1n) is 7.49. The fourth-order valence-corrected chi connectivity index (χ4v) is 2.88. The van der Waals surface area contributed by atoms with Gasteiger partial charge < -0.3 is 0 Å². The van der Waals surface area contributed by atoms with E-state index in [9.17, 15) is 14.4 Å². The maximum atomic E-state index is 12.4. The van der Waals surface area contributed by atoms with Gasteiger partial charge in [0.05, 0.1) is 23.4 Å². The normalized spacial score (nSPS) is 13.6. The zero-order valence-electron chi connectivity index (χ0n) is 12.9. The first kappa shape index (κ1) is 14.3. The SMILES string of the molecule is Cc1ccn2c(=O)cc(CN3C(=O)c4ccccc4C3=O)nc2c1. The molecule has 0 unspecified atom stereocenters. The maximum absolute atomic E-state index is 12.4. The van der Waals surface area contributed by atoms with Crippen LogP contribution >= 0.6 is 0 Å². The summed E-state index contributed by atoms with van der Waals surface area (Å²) in [6.45, 7) is 1.88. The monoisotopic (exact) mass is 319 g/mol. The van der Waals surface area contributed by atoms with E-state index in [0.29, 0.717) is 22.5 Å². The zero-order valence-corrected chi connectivity index (χ0v) is 12.9. The number of carbonyl (C=O) groups is 2. The fraction of sp³-hybridized carbons (Fsp3) is 0.111. The quantitative estimate of drug-likeness (QED) is 0.675. The van der Waals surface area contributed by atoms with E-state index in [1.165, 1.54) is 10.5 Å². The second kappa shape index (κ2) is 5.13. The van der Waals surface area contributed by atoms with E-state index in [1.807, 2.05) is 13.0 Å². The van der Waals surface area contributed by atoms with Crippen LogP contribution in [0.25, 0.3) is 5.65 Å². The van der Waals surface area contributed by atoms with Crippen LogP contribution in [0, 0.1) is 6.92 Å². The average molecular weight is 319 g/mol. The minimum Gasteiger partial charge on any atom is -0.269 e. The van der Waals surface area contributed by atoms with Crippen molar-refractivity contribution in [3.05, 3.63) is 81.4 Å². The third-order valence-corrected chi connectivity index (χ3v) is 4.07. The summed E-state index contributed by atoms with van der Waals surface area (Å²) < 4.78 is 1.43. The summed E-state index contributed by atoms with van der Waals surface area (Å²) in [5.74, 6) is -0.719. The molecule has 0 N–H and O–H groups in total. The van der Waals surface area contributed by atoms with Gasteiger partial charge in [-0.25, -0.2) is 4.98 Å². The number of nitrogens with zero attached hydrogens (tertiary/aromatic N) is 3. The molecule has 1 aromatic carbocycles. The van der Waals surface area contributed by atoms with Gasteiger partial charge in [0.1, 0.15) is 5.65 Å². The van der Waals surface area contributed by atoms with Crippen molar-refractivity contribution in [1.29, 1.82) is 0 Å². The minimum absolute atomic E-state index is 0.0218. The molecule has 0 saturated carbocycles. The summed E-state index contributed by atoms with van der Waals surface area (Å²) in [5.41, 5.74) is 2.38. The molecule has 0 saturated heterocycles. The van der Waals surface area contributed by atoms with Crippen LogP contribution in [0.1, 0.15) is 32.0 Å². The molecular weight excluding hydrogens is 306 g/mol. The summed E-state index contributed by atoms with van der Waals surface area (Å²) in [6.07, 6.45) is 1.66. The van der Waals surface area contributed by atoms with Crippen molar-refractivity contribution in [3.63, 3.8) is 0 Å². The smallest absolute Gasteiger partial charge is 0.261 e. The third kappa shape index (κ3) is 2.11. The number of aryl methyl sites for hydroxylation is 1. The first-order valence-corrected chi connectivity index (χ1v) is 7.49. The number of rotatable bonds is 2. The third-order valence-electron chi connectivity index (χ3n) is 4.07. The molecule has 0 atom stereocenters. The van der Waals surface area contributed by atoms with Crippen molar-refractivity contribution in [2.75, 3.05) is 0 Å². The molecule has 0 spiro atoms. The van der Waals surface area contributed by atoms with Crippen LogP contribution in [0.2, 0.25) is 0 Å². The molecule has 0 bridgehead atoms. The van der Waals surface area contributed by atoms with E-state index < -0.39 is 0 Å². The summed E-state index contributed by atoms with van der Waals surface area (Å²) >= 11 is 0. The van der Waals surface area contributed by atoms with Crippen LogP contribution in [0.5, 0.6) is 0 Å². The van der Waals surface area contributed by atoms with E-state index in [-0.39, 0.29) is 23.9 Å². The summed E-state index contributed by atoms with van der Waals surface area (Å²) in [4.78, 5) is 42.5. The molecule has 0 fully saturated rings. The van der Waals surface area contributed by atoms with Crippen molar-refractivity contribution in [1.82, 2.24) is 14.3 Å². The van der Waals surface area contributed by atoms with Crippen LogP contribution in [0.4, 0.5) is 0 Å². The second-order valence-corrected chi connectivity index (χ2v) is 5.76. The van der Waals surface area contributed by atoms with E-state index in [4.69, 9.17) is 0 Å². The minimum atomic E-state index is -0.359. The van der Waals surface area contributed by atoms with Gasteiger partial charge in [-0.2, -0.15) is 0 Å². The molecule has 24 heavy (non-hydrogen) atoms. The Bertz CT molecular complexity index is 1030. The van der Waals surface area contributed by atoms with Gasteiger partial charge in [-0.3, -0.25) is 23.7 Å². The van der Waals surface area contributed by atoms with Gasteiger partial charge in [0.25, 0.3) is 17.4 Å². The van der Waals surface area contributed by atoms with Gasteiger partial charge in [-0.1, -0.05) is 12.1 Å². The predicted molar refractivity (Wildman–Crippen MR) is 86.8 cm³/mol. The lowest BCUT2D eigenvalue weighted by Crippen LogP contribution is -2.30. The Balaban J connectivity index is 1.74. The molecular formula is C18H13N3O3. The maximum Gasteiger partial charge on any atom is 0.261 e. The largest absolute Gasteiger partial charge is 0.269 e. The molecule has 1 aliphatic rings. The highest BCUT2D eigenvalue weighted by Crippen LogP contribution is 2.23. The number of benzene rings is 1. The van der Waals surface area contributed by atoms with Crippen molar-refractivity contribution in [2.45, 2.75) is 13.5 Å². The van der Waals surface area contributed by atoms with Gasteiger partial charge in [-0.15, -0.1) is 0 Å². The Morgan fingerprint density at radius 2 is 1.62 bits per heavy atom. The first-order chi connectivity index (χ1) is 11.5. The highest BCUT2D eigenvalue weighted by atomic mass is 16.2. The van der Waals surface area contributed by atoms with Crippen LogP contribution < -0.4 is 5.56 Å². The molecule has 6 nitrogen and oxygen atoms in total. The Labute approximate surface area is 137 Å². The highest BCUT2D eigenvalue weighted by molar-refractivity contribution is 6.21. The number of imide groups is 1. The van der Waals surface area contributed by atoms with Gasteiger partial charge in [0, 0.05) is 12.3 Å². The molecule has 6 heteroatoms. The standard InChI is InChI=1S/C18H13N3O3/c1-11-6-7-20-15(8-11)19-12(9-16(20)22)10-21-17(23)13-4-2-3-5-14(13)18(21)24/h2-9H,10H2,1H3. The Morgan fingerprint density at radius 1 is 0.958 bits per heavy atom. The molecule has 0 radical (unpaired) electrons. The van der Waals surface area contributed by atoms with Gasteiger partial charge in [0.2, 0.25) is 0 Å². The number of carbonyl (C=O) groups excluding carboxylic acids is 2. The number of amides is 2. The number of hydrogen-bond acceptors (Lipinski definition) is 4. The van der Waals surface area contributed by atoms with Crippen LogP contribution in [0.15, 0.2) is 53.5 Å². The van der Waals surface area contributed by atoms with E-state index in [0.717, 1.165) is 10.5 Å². The topological polar surface area (TPSA) is 71.8 Å². The number of fused-ring (bicyclic) bond motifs is 2. The Hall–Kier alpha value is -3.28. The second-order valence-electron chi connectivity index (χ2n) is 5.76. The molecule has 2 aromatic heterocycles. The predicted octanol–water partition coefficient (Wildman–Crippen LogP) is 1.80. The van der Waals surface area contributed by atoms with Crippen LogP contribution in [-0.4, -0.2) is 26.1 Å². The fourth-order valence-electron chi connectivity index (χ4n) is 2.88.